The quantitative estimate of drug-likeness (QED) is 0.649. The molecule has 0 spiro atoms. The van der Waals surface area contributed by atoms with Gasteiger partial charge in [-0.2, -0.15) is 0 Å². The summed E-state index contributed by atoms with van der Waals surface area (Å²) < 4.78 is 12.9. The van der Waals surface area contributed by atoms with Gasteiger partial charge in [0.1, 0.15) is 17.3 Å². The fourth-order valence-electron chi connectivity index (χ4n) is 4.38. The SMILES string of the molecule is CCO[C@H]1Cc2ccccc2C1Nc1c(C)nc(-c2ccc(OC)cc2C)n(C)c1=O. The average Bonchev–Trinajstić information content (AvgIpc) is 3.11. The number of methoxy groups -OCH3 is 1. The first kappa shape index (κ1) is 21.1. The fourth-order valence-corrected chi connectivity index (χ4v) is 4.38. The molecular formula is C25H29N3O3. The van der Waals surface area contributed by atoms with Crippen molar-refractivity contribution in [3.63, 3.8) is 0 Å². The van der Waals surface area contributed by atoms with Crippen LogP contribution in [0.3, 0.4) is 0 Å². The Hall–Kier alpha value is -3.12. The number of nitrogens with one attached hydrogen (secondary N) is 1. The summed E-state index contributed by atoms with van der Waals surface area (Å²) in [5.74, 6) is 1.42. The summed E-state index contributed by atoms with van der Waals surface area (Å²) >= 11 is 0. The van der Waals surface area contributed by atoms with Crippen LogP contribution in [-0.4, -0.2) is 29.4 Å². The van der Waals surface area contributed by atoms with Crippen molar-refractivity contribution in [3.8, 4) is 17.1 Å². The third kappa shape index (κ3) is 3.83. The van der Waals surface area contributed by atoms with Gasteiger partial charge in [0.15, 0.2) is 0 Å². The van der Waals surface area contributed by atoms with E-state index in [1.54, 1.807) is 18.7 Å². The van der Waals surface area contributed by atoms with Crippen LogP contribution >= 0.6 is 0 Å². The van der Waals surface area contributed by atoms with Gasteiger partial charge in [-0.3, -0.25) is 9.36 Å². The lowest BCUT2D eigenvalue weighted by atomic mass is 10.1. The standard InChI is InChI=1S/C25H29N3O3/c1-6-31-21-14-17-9-7-8-10-20(17)23(21)27-22-16(3)26-24(28(4)25(22)29)19-12-11-18(30-5)13-15(19)2/h7-13,21,23,27H,6,14H2,1-5H3/t21-,23?/m0/s1. The number of hydrogen-bond acceptors (Lipinski definition) is 5. The van der Waals surface area contributed by atoms with Crippen molar-refractivity contribution in [2.45, 2.75) is 39.3 Å². The van der Waals surface area contributed by atoms with Crippen LogP contribution in [-0.2, 0) is 18.2 Å². The summed E-state index contributed by atoms with van der Waals surface area (Å²) in [5, 5.41) is 3.48. The number of anilines is 1. The fraction of sp³-hybridized carbons (Fsp3) is 0.360. The van der Waals surface area contributed by atoms with Gasteiger partial charge in [-0.15, -0.1) is 0 Å². The van der Waals surface area contributed by atoms with Crippen molar-refractivity contribution in [3.05, 3.63) is 75.2 Å². The first-order valence-electron chi connectivity index (χ1n) is 10.6. The number of aryl methyl sites for hydroxylation is 2. The van der Waals surface area contributed by atoms with E-state index in [4.69, 9.17) is 14.5 Å². The van der Waals surface area contributed by atoms with E-state index >= 15 is 0 Å². The number of rotatable bonds is 6. The Labute approximate surface area is 182 Å². The van der Waals surface area contributed by atoms with E-state index in [9.17, 15) is 4.79 Å². The first-order chi connectivity index (χ1) is 14.9. The summed E-state index contributed by atoms with van der Waals surface area (Å²) in [5.41, 5.74) is 5.44. The number of ether oxygens (including phenoxy) is 2. The van der Waals surface area contributed by atoms with E-state index in [-0.39, 0.29) is 17.7 Å². The summed E-state index contributed by atoms with van der Waals surface area (Å²) in [6.45, 7) is 6.50. The van der Waals surface area contributed by atoms with Gasteiger partial charge in [-0.1, -0.05) is 24.3 Å². The van der Waals surface area contributed by atoms with Crippen LogP contribution in [0.2, 0.25) is 0 Å². The van der Waals surface area contributed by atoms with E-state index in [0.717, 1.165) is 23.3 Å². The molecule has 162 valence electrons. The minimum atomic E-state index is -0.0997. The van der Waals surface area contributed by atoms with Crippen LogP contribution < -0.4 is 15.6 Å². The molecule has 1 heterocycles. The predicted octanol–water partition coefficient (Wildman–Crippen LogP) is 4.19. The Morgan fingerprint density at radius 3 is 2.68 bits per heavy atom. The number of fused-ring (bicyclic) bond motifs is 1. The smallest absolute Gasteiger partial charge is 0.277 e. The Bertz CT molecular complexity index is 1170. The van der Waals surface area contributed by atoms with Crippen LogP contribution in [0.15, 0.2) is 47.3 Å². The molecule has 1 N–H and O–H groups in total. The molecule has 6 nitrogen and oxygen atoms in total. The maximum Gasteiger partial charge on any atom is 0.277 e. The first-order valence-corrected chi connectivity index (χ1v) is 10.6. The zero-order valence-corrected chi connectivity index (χ0v) is 18.7. The van der Waals surface area contributed by atoms with Crippen LogP contribution in [0.5, 0.6) is 5.75 Å². The van der Waals surface area contributed by atoms with E-state index in [1.807, 2.05) is 51.1 Å². The Balaban J connectivity index is 1.74. The second-order valence-corrected chi connectivity index (χ2v) is 7.96. The molecule has 2 aromatic carbocycles. The van der Waals surface area contributed by atoms with Crippen LogP contribution in [0.4, 0.5) is 5.69 Å². The lowest BCUT2D eigenvalue weighted by Gasteiger charge is -2.24. The summed E-state index contributed by atoms with van der Waals surface area (Å²) in [4.78, 5) is 18.2. The molecule has 4 rings (SSSR count). The van der Waals surface area contributed by atoms with Crippen molar-refractivity contribution in [2.24, 2.45) is 7.05 Å². The second kappa shape index (κ2) is 8.55. The van der Waals surface area contributed by atoms with Gasteiger partial charge in [-0.25, -0.2) is 4.98 Å². The van der Waals surface area contributed by atoms with Gasteiger partial charge >= 0.3 is 0 Å². The maximum absolute atomic E-state index is 13.4. The van der Waals surface area contributed by atoms with Gasteiger partial charge in [0.25, 0.3) is 5.56 Å². The minimum absolute atomic E-state index is 0.0185. The van der Waals surface area contributed by atoms with Gasteiger partial charge < -0.3 is 14.8 Å². The molecule has 1 aliphatic carbocycles. The highest BCUT2D eigenvalue weighted by molar-refractivity contribution is 5.64. The topological polar surface area (TPSA) is 65.4 Å². The second-order valence-electron chi connectivity index (χ2n) is 7.96. The van der Waals surface area contributed by atoms with Gasteiger partial charge in [-0.05, 0) is 55.7 Å². The van der Waals surface area contributed by atoms with Crippen LogP contribution in [0.25, 0.3) is 11.4 Å². The molecule has 31 heavy (non-hydrogen) atoms. The molecule has 0 amide bonds. The van der Waals surface area contributed by atoms with E-state index < -0.39 is 0 Å². The van der Waals surface area contributed by atoms with Crippen LogP contribution in [0, 0.1) is 13.8 Å². The molecule has 0 bridgehead atoms. The molecule has 0 saturated heterocycles. The van der Waals surface area contributed by atoms with Gasteiger partial charge in [0, 0.05) is 25.6 Å². The lowest BCUT2D eigenvalue weighted by molar-refractivity contribution is 0.0574. The molecule has 0 saturated carbocycles. The number of hydrogen-bond donors (Lipinski definition) is 1. The molecule has 1 aliphatic rings. The normalized spacial score (nSPS) is 17.5. The summed E-state index contributed by atoms with van der Waals surface area (Å²) in [6, 6.07) is 14.0. The highest BCUT2D eigenvalue weighted by Crippen LogP contribution is 2.36. The Kier molecular flexibility index (Phi) is 5.83. The molecule has 0 fully saturated rings. The number of benzene rings is 2. The van der Waals surface area contributed by atoms with E-state index in [2.05, 4.69) is 17.4 Å². The van der Waals surface area contributed by atoms with E-state index in [1.165, 1.54) is 11.1 Å². The van der Waals surface area contributed by atoms with Crippen molar-refractivity contribution in [1.82, 2.24) is 9.55 Å². The highest BCUT2D eigenvalue weighted by Gasteiger charge is 2.34. The zero-order valence-electron chi connectivity index (χ0n) is 18.7. The molecular weight excluding hydrogens is 390 g/mol. The zero-order chi connectivity index (χ0) is 22.1. The maximum atomic E-state index is 13.4. The monoisotopic (exact) mass is 419 g/mol. The summed E-state index contributed by atoms with van der Waals surface area (Å²) in [6.07, 6.45) is 0.812. The van der Waals surface area contributed by atoms with Crippen LogP contribution in [0.1, 0.15) is 35.3 Å². The molecule has 2 atom stereocenters. The minimum Gasteiger partial charge on any atom is -0.497 e. The molecule has 0 radical (unpaired) electrons. The highest BCUT2D eigenvalue weighted by atomic mass is 16.5. The third-order valence-corrected chi connectivity index (χ3v) is 6.01. The molecule has 1 unspecified atom stereocenters. The lowest BCUT2D eigenvalue weighted by Crippen LogP contribution is -2.31. The van der Waals surface area contributed by atoms with Crippen molar-refractivity contribution in [2.75, 3.05) is 19.0 Å². The molecule has 6 heteroatoms. The van der Waals surface area contributed by atoms with Gasteiger partial charge in [0.2, 0.25) is 0 Å². The number of aromatic nitrogens is 2. The predicted molar refractivity (Wildman–Crippen MR) is 123 cm³/mol. The Morgan fingerprint density at radius 1 is 1.19 bits per heavy atom. The van der Waals surface area contributed by atoms with Crippen molar-refractivity contribution in [1.29, 1.82) is 0 Å². The van der Waals surface area contributed by atoms with Crippen molar-refractivity contribution < 1.29 is 9.47 Å². The summed E-state index contributed by atoms with van der Waals surface area (Å²) in [7, 11) is 3.41. The van der Waals surface area contributed by atoms with E-state index in [0.29, 0.717) is 23.8 Å². The Morgan fingerprint density at radius 2 is 1.97 bits per heavy atom. The molecule has 0 aliphatic heterocycles. The number of nitrogens with zero attached hydrogens (tertiary/aromatic N) is 2. The largest absolute Gasteiger partial charge is 0.497 e. The molecule has 1 aromatic heterocycles. The average molecular weight is 420 g/mol. The van der Waals surface area contributed by atoms with Crippen molar-refractivity contribution >= 4 is 5.69 Å². The third-order valence-electron chi connectivity index (χ3n) is 6.01. The van der Waals surface area contributed by atoms with Gasteiger partial charge in [0.05, 0.1) is 24.9 Å². The molecule has 3 aromatic rings.